The van der Waals surface area contributed by atoms with E-state index in [2.05, 4.69) is 4.98 Å². The molecule has 0 saturated heterocycles. The Hall–Kier alpha value is -0.610. The van der Waals surface area contributed by atoms with Crippen molar-refractivity contribution in [1.29, 1.82) is 0 Å². The second kappa shape index (κ2) is 5.47. The van der Waals surface area contributed by atoms with Crippen LogP contribution in [0.3, 0.4) is 0 Å². The summed E-state index contributed by atoms with van der Waals surface area (Å²) >= 11 is 7.22. The molecule has 1 aromatic rings. The van der Waals surface area contributed by atoms with Crippen LogP contribution in [0, 0.1) is 12.8 Å². The molecule has 0 aliphatic rings. The average molecular weight is 247 g/mol. The van der Waals surface area contributed by atoms with Gasteiger partial charge in [-0.1, -0.05) is 6.92 Å². The standard InChI is InChI=1S/C10H15ClN2OS/c1-7(4-11)10(14)13(3)5-9-8(2)12-6-15-9/h6-7H,4-5H2,1-3H3. The lowest BCUT2D eigenvalue weighted by Crippen LogP contribution is -2.31. The first-order valence-electron chi connectivity index (χ1n) is 4.76. The van der Waals surface area contributed by atoms with Gasteiger partial charge in [-0.05, 0) is 6.92 Å². The van der Waals surface area contributed by atoms with Crippen molar-refractivity contribution in [2.75, 3.05) is 12.9 Å². The van der Waals surface area contributed by atoms with Gasteiger partial charge in [-0.3, -0.25) is 4.79 Å². The Morgan fingerprint density at radius 2 is 2.40 bits per heavy atom. The van der Waals surface area contributed by atoms with E-state index in [-0.39, 0.29) is 11.8 Å². The maximum Gasteiger partial charge on any atom is 0.226 e. The van der Waals surface area contributed by atoms with Crippen LogP contribution in [-0.4, -0.2) is 28.7 Å². The van der Waals surface area contributed by atoms with Crippen LogP contribution in [0.15, 0.2) is 5.51 Å². The van der Waals surface area contributed by atoms with Crippen molar-refractivity contribution in [1.82, 2.24) is 9.88 Å². The molecule has 3 nitrogen and oxygen atoms in total. The number of hydrogen-bond donors (Lipinski definition) is 0. The first-order valence-corrected chi connectivity index (χ1v) is 6.17. The highest BCUT2D eigenvalue weighted by Gasteiger charge is 2.17. The van der Waals surface area contributed by atoms with E-state index in [1.54, 1.807) is 28.8 Å². The van der Waals surface area contributed by atoms with E-state index in [0.717, 1.165) is 10.6 Å². The molecule has 0 saturated carbocycles. The summed E-state index contributed by atoms with van der Waals surface area (Å²) in [7, 11) is 1.80. The van der Waals surface area contributed by atoms with Gasteiger partial charge in [0, 0.05) is 23.7 Å². The minimum absolute atomic E-state index is 0.0813. The molecule has 1 atom stereocenters. The van der Waals surface area contributed by atoms with E-state index in [1.807, 2.05) is 13.8 Å². The lowest BCUT2D eigenvalue weighted by Gasteiger charge is -2.19. The molecule has 15 heavy (non-hydrogen) atoms. The molecular formula is C10H15ClN2OS. The highest BCUT2D eigenvalue weighted by atomic mass is 35.5. The molecule has 0 bridgehead atoms. The van der Waals surface area contributed by atoms with E-state index in [1.165, 1.54) is 0 Å². The van der Waals surface area contributed by atoms with Gasteiger partial charge in [0.25, 0.3) is 0 Å². The zero-order chi connectivity index (χ0) is 11.4. The molecule has 0 aliphatic heterocycles. The third kappa shape index (κ3) is 3.18. The summed E-state index contributed by atoms with van der Waals surface area (Å²) < 4.78 is 0. The Kier molecular flexibility index (Phi) is 4.54. The summed E-state index contributed by atoms with van der Waals surface area (Å²) in [6.45, 7) is 4.41. The third-order valence-electron chi connectivity index (χ3n) is 2.25. The molecule has 0 radical (unpaired) electrons. The third-order valence-corrected chi connectivity index (χ3v) is 3.64. The molecule has 0 aromatic carbocycles. The van der Waals surface area contributed by atoms with Crippen molar-refractivity contribution in [3.63, 3.8) is 0 Å². The van der Waals surface area contributed by atoms with E-state index >= 15 is 0 Å². The smallest absolute Gasteiger partial charge is 0.226 e. The van der Waals surface area contributed by atoms with Gasteiger partial charge in [0.1, 0.15) is 0 Å². The summed E-state index contributed by atoms with van der Waals surface area (Å²) in [5, 5.41) is 0. The van der Waals surface area contributed by atoms with Crippen molar-refractivity contribution < 1.29 is 4.79 Å². The summed E-state index contributed by atoms with van der Waals surface area (Å²) in [6.07, 6.45) is 0. The van der Waals surface area contributed by atoms with Crippen molar-refractivity contribution in [2.45, 2.75) is 20.4 Å². The van der Waals surface area contributed by atoms with Crippen molar-refractivity contribution in [3.8, 4) is 0 Å². The van der Waals surface area contributed by atoms with Gasteiger partial charge in [0.15, 0.2) is 0 Å². The van der Waals surface area contributed by atoms with Gasteiger partial charge in [-0.2, -0.15) is 0 Å². The van der Waals surface area contributed by atoms with Gasteiger partial charge in [-0.15, -0.1) is 22.9 Å². The first-order chi connectivity index (χ1) is 7.06. The lowest BCUT2D eigenvalue weighted by atomic mass is 10.2. The molecule has 0 spiro atoms. The monoisotopic (exact) mass is 246 g/mol. The van der Waals surface area contributed by atoms with Crippen LogP contribution in [0.25, 0.3) is 0 Å². The Morgan fingerprint density at radius 3 is 2.87 bits per heavy atom. The minimum atomic E-state index is -0.120. The number of thiazole rings is 1. The number of amides is 1. The molecule has 1 amide bonds. The van der Waals surface area contributed by atoms with Gasteiger partial charge in [0.05, 0.1) is 17.7 Å². The topological polar surface area (TPSA) is 33.2 Å². The van der Waals surface area contributed by atoms with E-state index in [9.17, 15) is 4.79 Å². The first kappa shape index (κ1) is 12.5. The molecule has 1 rings (SSSR count). The fraction of sp³-hybridized carbons (Fsp3) is 0.600. The van der Waals surface area contributed by atoms with E-state index in [4.69, 9.17) is 11.6 Å². The molecule has 1 aromatic heterocycles. The molecule has 1 unspecified atom stereocenters. The SMILES string of the molecule is Cc1ncsc1CN(C)C(=O)C(C)CCl. The second-order valence-corrected chi connectivity index (χ2v) is 4.86. The fourth-order valence-electron chi connectivity index (χ4n) is 1.21. The maximum absolute atomic E-state index is 11.7. The van der Waals surface area contributed by atoms with Crippen LogP contribution >= 0.6 is 22.9 Å². The van der Waals surface area contributed by atoms with Crippen LogP contribution in [0.5, 0.6) is 0 Å². The summed E-state index contributed by atoms with van der Waals surface area (Å²) in [5.74, 6) is 0.327. The van der Waals surface area contributed by atoms with Gasteiger partial charge in [-0.25, -0.2) is 4.98 Å². The quantitative estimate of drug-likeness (QED) is 0.764. The fourth-order valence-corrected chi connectivity index (χ4v) is 2.18. The van der Waals surface area contributed by atoms with Gasteiger partial charge >= 0.3 is 0 Å². The molecule has 0 fully saturated rings. The summed E-state index contributed by atoms with van der Waals surface area (Å²) in [5.41, 5.74) is 2.80. The van der Waals surface area contributed by atoms with E-state index in [0.29, 0.717) is 12.4 Å². The highest BCUT2D eigenvalue weighted by molar-refractivity contribution is 7.09. The van der Waals surface area contributed by atoms with Crippen LogP contribution in [0.2, 0.25) is 0 Å². The lowest BCUT2D eigenvalue weighted by molar-refractivity contribution is -0.133. The van der Waals surface area contributed by atoms with Crippen LogP contribution in [-0.2, 0) is 11.3 Å². The average Bonchev–Trinajstić information content (AvgIpc) is 2.62. The Balaban J connectivity index is 2.60. The number of halogens is 1. The number of nitrogens with zero attached hydrogens (tertiary/aromatic N) is 2. The predicted molar refractivity (Wildman–Crippen MR) is 63.2 cm³/mol. The Morgan fingerprint density at radius 1 is 1.73 bits per heavy atom. The van der Waals surface area contributed by atoms with Crippen LogP contribution in [0.1, 0.15) is 17.5 Å². The predicted octanol–water partition coefficient (Wildman–Crippen LogP) is 2.28. The van der Waals surface area contributed by atoms with Crippen molar-refractivity contribution >= 4 is 28.8 Å². The summed E-state index contributed by atoms with van der Waals surface area (Å²) in [4.78, 5) is 18.7. The number of carbonyl (C=O) groups excluding carboxylic acids is 1. The van der Waals surface area contributed by atoms with Crippen LogP contribution in [0.4, 0.5) is 0 Å². The minimum Gasteiger partial charge on any atom is -0.340 e. The van der Waals surface area contributed by atoms with Crippen molar-refractivity contribution in [3.05, 3.63) is 16.1 Å². The Labute approximate surface area is 99.1 Å². The number of rotatable bonds is 4. The zero-order valence-electron chi connectivity index (χ0n) is 9.16. The van der Waals surface area contributed by atoms with Crippen molar-refractivity contribution in [2.24, 2.45) is 5.92 Å². The highest BCUT2D eigenvalue weighted by Crippen LogP contribution is 2.15. The largest absolute Gasteiger partial charge is 0.340 e. The van der Waals surface area contributed by atoms with Gasteiger partial charge < -0.3 is 4.90 Å². The number of carbonyl (C=O) groups is 1. The zero-order valence-corrected chi connectivity index (χ0v) is 10.7. The van der Waals surface area contributed by atoms with Crippen LogP contribution < -0.4 is 0 Å². The molecule has 1 heterocycles. The van der Waals surface area contributed by atoms with E-state index < -0.39 is 0 Å². The molecule has 84 valence electrons. The number of aryl methyl sites for hydroxylation is 1. The normalized spacial score (nSPS) is 12.5. The number of hydrogen-bond acceptors (Lipinski definition) is 3. The molecule has 0 N–H and O–H groups in total. The van der Waals surface area contributed by atoms with Gasteiger partial charge in [0.2, 0.25) is 5.91 Å². The summed E-state index contributed by atoms with van der Waals surface area (Å²) in [6, 6.07) is 0. The second-order valence-electron chi connectivity index (χ2n) is 3.61. The number of aromatic nitrogens is 1. The number of alkyl halides is 1. The molecule has 0 aliphatic carbocycles. The Bertz CT molecular complexity index is 340. The molecular weight excluding hydrogens is 232 g/mol. The molecule has 5 heteroatoms. The maximum atomic E-state index is 11.7.